The van der Waals surface area contributed by atoms with Gasteiger partial charge in [-0.2, -0.15) is 0 Å². The maximum Gasteiger partial charge on any atom is 0.253 e. The van der Waals surface area contributed by atoms with Gasteiger partial charge in [-0.3, -0.25) is 14.7 Å². The molecule has 1 N–H and O–H groups in total. The molecule has 1 aliphatic rings. The summed E-state index contributed by atoms with van der Waals surface area (Å²) in [5.74, 6) is -0.0771. The van der Waals surface area contributed by atoms with Crippen molar-refractivity contribution in [3.8, 4) is 0 Å². The molecule has 2 unspecified atom stereocenters. The van der Waals surface area contributed by atoms with E-state index in [-0.39, 0.29) is 23.7 Å². The number of aromatic nitrogens is 1. The fourth-order valence-corrected chi connectivity index (χ4v) is 3.46. The van der Waals surface area contributed by atoms with Crippen LogP contribution in [-0.4, -0.2) is 53.2 Å². The van der Waals surface area contributed by atoms with Crippen LogP contribution in [0.2, 0.25) is 0 Å². The van der Waals surface area contributed by atoms with E-state index in [1.165, 1.54) is 0 Å². The largest absolute Gasteiger partial charge is 0.373 e. The Balaban J connectivity index is 1.70. The number of fused-ring (bicyclic) bond motifs is 1. The zero-order valence-corrected chi connectivity index (χ0v) is 15.5. The number of hydrogen-bond donors (Lipinski definition) is 1. The number of carbonyl (C=O) groups excluding carboxylic acids is 1. The van der Waals surface area contributed by atoms with Crippen molar-refractivity contribution in [2.45, 2.75) is 45.4 Å². The Kier molecular flexibility index (Phi) is 5.06. The fraction of sp³-hybridized carbons (Fsp3) is 0.500. The van der Waals surface area contributed by atoms with Crippen molar-refractivity contribution in [3.63, 3.8) is 0 Å². The Hall–Kier alpha value is -1.98. The predicted octanol–water partition coefficient (Wildman–Crippen LogP) is 2.85. The lowest BCUT2D eigenvalue weighted by atomic mass is 9.99. The van der Waals surface area contributed by atoms with Crippen LogP contribution >= 0.6 is 0 Å². The molecule has 1 amide bonds. The molecule has 1 aromatic heterocycles. The van der Waals surface area contributed by atoms with Crippen LogP contribution in [0.25, 0.3) is 10.9 Å². The highest BCUT2D eigenvalue weighted by molar-refractivity contribution is 6.05. The lowest BCUT2D eigenvalue weighted by Gasteiger charge is -2.45. The van der Waals surface area contributed by atoms with Crippen molar-refractivity contribution < 1.29 is 9.53 Å². The number of ether oxygens (including phenoxy) is 1. The number of benzene rings is 1. The molecule has 3 rings (SSSR count). The minimum Gasteiger partial charge on any atom is -0.373 e. The number of para-hydroxylation sites is 1. The highest BCUT2D eigenvalue weighted by Gasteiger charge is 2.33. The van der Waals surface area contributed by atoms with E-state index in [2.05, 4.69) is 42.9 Å². The molecule has 1 aromatic carbocycles. The van der Waals surface area contributed by atoms with E-state index in [1.54, 1.807) is 6.20 Å². The summed E-state index contributed by atoms with van der Waals surface area (Å²) in [5.41, 5.74) is 1.23. The molecule has 0 spiro atoms. The zero-order valence-electron chi connectivity index (χ0n) is 15.5. The van der Waals surface area contributed by atoms with Gasteiger partial charge in [0, 0.05) is 36.8 Å². The summed E-state index contributed by atoms with van der Waals surface area (Å²) in [7, 11) is 0. The molecule has 0 bridgehead atoms. The van der Waals surface area contributed by atoms with Crippen LogP contribution in [0.1, 0.15) is 38.1 Å². The van der Waals surface area contributed by atoms with Crippen molar-refractivity contribution in [2.24, 2.45) is 0 Å². The first kappa shape index (κ1) is 17.8. The topological polar surface area (TPSA) is 54.5 Å². The van der Waals surface area contributed by atoms with E-state index in [9.17, 15) is 4.79 Å². The van der Waals surface area contributed by atoms with Gasteiger partial charge in [0.05, 0.1) is 23.3 Å². The number of pyridine rings is 1. The predicted molar refractivity (Wildman–Crippen MR) is 99.7 cm³/mol. The van der Waals surface area contributed by atoms with E-state index in [0.717, 1.165) is 24.0 Å². The summed E-state index contributed by atoms with van der Waals surface area (Å²) in [6, 6.07) is 9.55. The maximum absolute atomic E-state index is 12.7. The Morgan fingerprint density at radius 3 is 2.64 bits per heavy atom. The van der Waals surface area contributed by atoms with Crippen molar-refractivity contribution in [2.75, 3.05) is 19.6 Å². The van der Waals surface area contributed by atoms with Crippen LogP contribution in [0.15, 0.2) is 36.5 Å². The lowest BCUT2D eigenvalue weighted by molar-refractivity contribution is -0.0948. The summed E-state index contributed by atoms with van der Waals surface area (Å²) < 4.78 is 5.82. The molecule has 1 fully saturated rings. The average molecular weight is 341 g/mol. The van der Waals surface area contributed by atoms with E-state index < -0.39 is 0 Å². The van der Waals surface area contributed by atoms with Gasteiger partial charge in [0.1, 0.15) is 0 Å². The third-order valence-corrected chi connectivity index (χ3v) is 4.83. The molecule has 5 nitrogen and oxygen atoms in total. The molecule has 134 valence electrons. The van der Waals surface area contributed by atoms with E-state index in [0.29, 0.717) is 12.1 Å². The third-order valence-electron chi connectivity index (χ3n) is 4.83. The first-order valence-corrected chi connectivity index (χ1v) is 8.89. The molecule has 0 aliphatic carbocycles. The van der Waals surface area contributed by atoms with Crippen LogP contribution in [-0.2, 0) is 4.74 Å². The average Bonchev–Trinajstić information content (AvgIpc) is 2.58. The molecular formula is C20H27N3O2. The van der Waals surface area contributed by atoms with Gasteiger partial charge in [0.25, 0.3) is 5.91 Å². The minimum absolute atomic E-state index is 0.0771. The number of hydrogen-bond acceptors (Lipinski definition) is 4. The normalized spacial score (nSPS) is 22.1. The van der Waals surface area contributed by atoms with Gasteiger partial charge in [-0.15, -0.1) is 0 Å². The second-order valence-electron chi connectivity index (χ2n) is 7.54. The second-order valence-corrected chi connectivity index (χ2v) is 7.54. The van der Waals surface area contributed by atoms with Crippen LogP contribution in [0.4, 0.5) is 0 Å². The molecule has 1 saturated heterocycles. The van der Waals surface area contributed by atoms with E-state index in [1.807, 2.05) is 30.3 Å². The summed E-state index contributed by atoms with van der Waals surface area (Å²) in [5, 5.41) is 4.07. The molecule has 0 saturated carbocycles. The Morgan fingerprint density at radius 1 is 1.24 bits per heavy atom. The third kappa shape index (κ3) is 3.99. The van der Waals surface area contributed by atoms with Crippen molar-refractivity contribution >= 4 is 16.8 Å². The molecule has 5 heteroatoms. The van der Waals surface area contributed by atoms with Crippen LogP contribution < -0.4 is 5.32 Å². The molecule has 1 aliphatic heterocycles. The van der Waals surface area contributed by atoms with Crippen LogP contribution in [0.3, 0.4) is 0 Å². The molecular weight excluding hydrogens is 314 g/mol. The molecule has 25 heavy (non-hydrogen) atoms. The smallest absolute Gasteiger partial charge is 0.253 e. The van der Waals surface area contributed by atoms with Gasteiger partial charge in [-0.25, -0.2) is 0 Å². The number of nitrogens with one attached hydrogen (secondary N) is 1. The van der Waals surface area contributed by atoms with Gasteiger partial charge in [-0.05, 0) is 39.8 Å². The van der Waals surface area contributed by atoms with E-state index >= 15 is 0 Å². The first-order valence-electron chi connectivity index (χ1n) is 8.89. The number of rotatable bonds is 4. The minimum atomic E-state index is -0.139. The number of amides is 1. The lowest BCUT2D eigenvalue weighted by Crippen LogP contribution is -2.58. The Morgan fingerprint density at radius 2 is 1.92 bits per heavy atom. The molecule has 2 atom stereocenters. The Labute approximate surface area is 149 Å². The van der Waals surface area contributed by atoms with Crippen molar-refractivity contribution in [3.05, 3.63) is 42.1 Å². The number of nitrogens with zero attached hydrogens (tertiary/aromatic N) is 2. The number of morpholine rings is 1. The van der Waals surface area contributed by atoms with Gasteiger partial charge in [-0.1, -0.05) is 18.2 Å². The summed E-state index contributed by atoms with van der Waals surface area (Å²) >= 11 is 0. The van der Waals surface area contributed by atoms with Gasteiger partial charge < -0.3 is 10.1 Å². The quantitative estimate of drug-likeness (QED) is 0.929. The fourth-order valence-electron chi connectivity index (χ4n) is 3.46. The zero-order chi connectivity index (χ0) is 18.0. The standard InChI is InChI=1S/C20H27N3O2/c1-14-11-23(12-15(2)25-14)20(3,4)13-22-19(24)17-9-5-7-16-8-6-10-21-18(16)17/h5-10,14-15H,11-13H2,1-4H3,(H,22,24). The van der Waals surface area contributed by atoms with Crippen LogP contribution in [0, 0.1) is 0 Å². The second kappa shape index (κ2) is 7.10. The first-order chi connectivity index (χ1) is 11.9. The van der Waals surface area contributed by atoms with E-state index in [4.69, 9.17) is 4.74 Å². The van der Waals surface area contributed by atoms with Crippen molar-refractivity contribution in [1.82, 2.24) is 15.2 Å². The summed E-state index contributed by atoms with van der Waals surface area (Å²) in [6.45, 7) is 10.9. The van der Waals surface area contributed by atoms with Gasteiger partial charge in [0.2, 0.25) is 0 Å². The van der Waals surface area contributed by atoms with Gasteiger partial charge in [0.15, 0.2) is 0 Å². The maximum atomic E-state index is 12.7. The summed E-state index contributed by atoms with van der Waals surface area (Å²) in [4.78, 5) is 19.5. The molecule has 0 radical (unpaired) electrons. The monoisotopic (exact) mass is 341 g/mol. The van der Waals surface area contributed by atoms with Crippen molar-refractivity contribution in [1.29, 1.82) is 0 Å². The van der Waals surface area contributed by atoms with Crippen LogP contribution in [0.5, 0.6) is 0 Å². The number of carbonyl (C=O) groups is 1. The SMILES string of the molecule is CC1CN(C(C)(C)CNC(=O)c2cccc3cccnc23)CC(C)O1. The highest BCUT2D eigenvalue weighted by Crippen LogP contribution is 2.21. The molecule has 2 heterocycles. The van der Waals surface area contributed by atoms with Gasteiger partial charge >= 0.3 is 0 Å². The molecule has 2 aromatic rings. The summed E-state index contributed by atoms with van der Waals surface area (Å²) in [6.07, 6.45) is 2.14. The highest BCUT2D eigenvalue weighted by atomic mass is 16.5. The Bertz CT molecular complexity index is 744.